The first-order valence-corrected chi connectivity index (χ1v) is 14.4. The predicted octanol–water partition coefficient (Wildman–Crippen LogP) is 7.16. The number of amides is 1. The monoisotopic (exact) mass is 597 g/mol. The SMILES string of the molecule is CCOc1ccc(/C(O)=C2/C(=O)C(=O)N(c3nnc(SCc4ccccc4)s3)C2c2ccc(Cl)c(Cl)c2)cc1. The summed E-state index contributed by atoms with van der Waals surface area (Å²) < 4.78 is 6.11. The Kier molecular flexibility index (Phi) is 8.23. The minimum atomic E-state index is -0.994. The fraction of sp³-hybridized carbons (Fsp3) is 0.143. The highest BCUT2D eigenvalue weighted by molar-refractivity contribution is 8.00. The second kappa shape index (κ2) is 11.8. The first-order chi connectivity index (χ1) is 18.9. The summed E-state index contributed by atoms with van der Waals surface area (Å²) in [6, 6.07) is 20.3. The van der Waals surface area contributed by atoms with Crippen molar-refractivity contribution < 1.29 is 19.4 Å². The highest BCUT2D eigenvalue weighted by atomic mass is 35.5. The molecule has 1 unspecified atom stereocenters. The van der Waals surface area contributed by atoms with Crippen molar-refractivity contribution in [1.29, 1.82) is 0 Å². The number of Topliss-reactive ketones (excluding diaryl/α,β-unsaturated/α-hetero) is 1. The molecule has 1 fully saturated rings. The summed E-state index contributed by atoms with van der Waals surface area (Å²) in [6.45, 7) is 2.35. The second-order valence-corrected chi connectivity index (χ2v) is 11.4. The van der Waals surface area contributed by atoms with Crippen molar-refractivity contribution in [2.45, 2.75) is 23.1 Å². The molecule has 1 aromatic heterocycles. The largest absolute Gasteiger partial charge is 0.507 e. The molecular weight excluding hydrogens is 577 g/mol. The van der Waals surface area contributed by atoms with E-state index in [2.05, 4.69) is 10.2 Å². The molecule has 7 nitrogen and oxygen atoms in total. The Hall–Kier alpha value is -3.37. The first kappa shape index (κ1) is 27.2. The van der Waals surface area contributed by atoms with E-state index in [1.807, 2.05) is 37.3 Å². The molecular formula is C28H21Cl2N3O4S2. The lowest BCUT2D eigenvalue weighted by molar-refractivity contribution is -0.132. The minimum absolute atomic E-state index is 0.0868. The summed E-state index contributed by atoms with van der Waals surface area (Å²) in [7, 11) is 0. The third kappa shape index (κ3) is 5.67. The van der Waals surface area contributed by atoms with Gasteiger partial charge in [-0.05, 0) is 54.4 Å². The maximum absolute atomic E-state index is 13.4. The van der Waals surface area contributed by atoms with Crippen molar-refractivity contribution in [2.75, 3.05) is 11.5 Å². The predicted molar refractivity (Wildman–Crippen MR) is 155 cm³/mol. The van der Waals surface area contributed by atoms with Crippen LogP contribution in [0, 0.1) is 0 Å². The molecule has 4 aromatic rings. The molecule has 1 aliphatic heterocycles. The summed E-state index contributed by atoms with van der Waals surface area (Å²) in [5.74, 6) is -0.703. The van der Waals surface area contributed by atoms with E-state index in [4.69, 9.17) is 27.9 Å². The van der Waals surface area contributed by atoms with Gasteiger partial charge in [0.05, 0.1) is 28.3 Å². The Morgan fingerprint density at radius 2 is 1.77 bits per heavy atom. The van der Waals surface area contributed by atoms with Crippen LogP contribution in [0.2, 0.25) is 10.0 Å². The third-order valence-corrected chi connectivity index (χ3v) is 8.82. The number of aliphatic hydroxyl groups excluding tert-OH is 1. The van der Waals surface area contributed by atoms with Crippen LogP contribution in [0.3, 0.4) is 0 Å². The average Bonchev–Trinajstić information content (AvgIpc) is 3.52. The van der Waals surface area contributed by atoms with E-state index >= 15 is 0 Å². The first-order valence-electron chi connectivity index (χ1n) is 11.9. The Balaban J connectivity index is 1.55. The van der Waals surface area contributed by atoms with Gasteiger partial charge in [-0.15, -0.1) is 10.2 Å². The Morgan fingerprint density at radius 1 is 1.03 bits per heavy atom. The van der Waals surface area contributed by atoms with Crippen molar-refractivity contribution in [2.24, 2.45) is 0 Å². The van der Waals surface area contributed by atoms with Crippen LogP contribution in [-0.2, 0) is 15.3 Å². The van der Waals surface area contributed by atoms with E-state index in [9.17, 15) is 14.7 Å². The zero-order chi connectivity index (χ0) is 27.5. The molecule has 0 spiro atoms. The second-order valence-electron chi connectivity index (χ2n) is 8.42. The van der Waals surface area contributed by atoms with Gasteiger partial charge in [0.2, 0.25) is 5.13 Å². The molecule has 1 saturated heterocycles. The lowest BCUT2D eigenvalue weighted by Crippen LogP contribution is -2.29. The molecule has 0 bridgehead atoms. The Morgan fingerprint density at radius 3 is 2.46 bits per heavy atom. The fourth-order valence-electron chi connectivity index (χ4n) is 4.14. The number of hydrogen-bond acceptors (Lipinski definition) is 8. The van der Waals surface area contributed by atoms with Crippen LogP contribution >= 0.6 is 46.3 Å². The van der Waals surface area contributed by atoms with E-state index in [1.165, 1.54) is 28.0 Å². The van der Waals surface area contributed by atoms with E-state index in [-0.39, 0.29) is 21.5 Å². The number of ether oxygens (including phenoxy) is 1. The molecule has 1 atom stereocenters. The molecule has 1 amide bonds. The summed E-state index contributed by atoms with van der Waals surface area (Å²) in [4.78, 5) is 28.0. The number of thioether (sulfide) groups is 1. The molecule has 39 heavy (non-hydrogen) atoms. The number of carbonyl (C=O) groups is 2. The van der Waals surface area contributed by atoms with Gasteiger partial charge in [-0.3, -0.25) is 14.5 Å². The van der Waals surface area contributed by atoms with Crippen LogP contribution in [0.5, 0.6) is 5.75 Å². The third-order valence-electron chi connectivity index (χ3n) is 5.95. The molecule has 0 saturated carbocycles. The molecule has 1 aliphatic rings. The van der Waals surface area contributed by atoms with Crippen molar-refractivity contribution in [3.05, 3.63) is 105 Å². The van der Waals surface area contributed by atoms with Gasteiger partial charge in [0.25, 0.3) is 5.78 Å². The molecule has 1 N–H and O–H groups in total. The molecule has 0 aliphatic carbocycles. The molecule has 0 radical (unpaired) electrons. The number of benzene rings is 3. The number of nitrogens with zero attached hydrogens (tertiary/aromatic N) is 3. The molecule has 3 aromatic carbocycles. The highest BCUT2D eigenvalue weighted by Gasteiger charge is 2.48. The quantitative estimate of drug-likeness (QED) is 0.0756. The van der Waals surface area contributed by atoms with Crippen molar-refractivity contribution in [1.82, 2.24) is 10.2 Å². The van der Waals surface area contributed by atoms with E-state index in [0.717, 1.165) is 5.56 Å². The van der Waals surface area contributed by atoms with Gasteiger partial charge >= 0.3 is 5.91 Å². The lowest BCUT2D eigenvalue weighted by atomic mass is 9.95. The molecule has 11 heteroatoms. The van der Waals surface area contributed by atoms with Gasteiger partial charge in [-0.1, -0.05) is 82.7 Å². The number of anilines is 1. The topological polar surface area (TPSA) is 92.6 Å². The molecule has 2 heterocycles. The van der Waals surface area contributed by atoms with Crippen molar-refractivity contribution in [3.8, 4) is 5.75 Å². The minimum Gasteiger partial charge on any atom is -0.507 e. The van der Waals surface area contributed by atoms with Crippen LogP contribution in [0.15, 0.2) is 82.7 Å². The number of hydrogen-bond donors (Lipinski definition) is 1. The average molecular weight is 599 g/mol. The Labute approximate surface area is 243 Å². The summed E-state index contributed by atoms with van der Waals surface area (Å²) >= 11 is 15.1. The van der Waals surface area contributed by atoms with Crippen LogP contribution in [0.25, 0.3) is 5.76 Å². The van der Waals surface area contributed by atoms with Gasteiger partial charge < -0.3 is 9.84 Å². The van der Waals surface area contributed by atoms with E-state index in [0.29, 0.717) is 38.6 Å². The number of ketones is 1. The van der Waals surface area contributed by atoms with Crippen LogP contribution in [0.4, 0.5) is 5.13 Å². The summed E-state index contributed by atoms with van der Waals surface area (Å²) in [5.41, 5.74) is 1.88. The number of aromatic nitrogens is 2. The number of carbonyl (C=O) groups excluding carboxylic acids is 2. The fourth-order valence-corrected chi connectivity index (χ4v) is 6.27. The maximum atomic E-state index is 13.4. The lowest BCUT2D eigenvalue weighted by Gasteiger charge is -2.23. The van der Waals surface area contributed by atoms with Gasteiger partial charge in [0.15, 0.2) is 4.34 Å². The van der Waals surface area contributed by atoms with Gasteiger partial charge in [-0.25, -0.2) is 0 Å². The maximum Gasteiger partial charge on any atom is 0.301 e. The standard InChI is InChI=1S/C28H21Cl2N3O4S2/c1-2-37-19-11-8-17(9-12-19)24(34)22-23(18-10-13-20(29)21(30)14-18)33(26(36)25(22)35)27-31-32-28(39-27)38-15-16-6-4-3-5-7-16/h3-14,23,34H,2,15H2,1H3/b24-22-. The molecule has 5 rings (SSSR count). The number of aliphatic hydroxyl groups is 1. The summed E-state index contributed by atoms with van der Waals surface area (Å²) in [5, 5.41) is 20.6. The Bertz CT molecular complexity index is 1560. The zero-order valence-electron chi connectivity index (χ0n) is 20.5. The number of rotatable bonds is 8. The van der Waals surface area contributed by atoms with Crippen LogP contribution < -0.4 is 9.64 Å². The number of halogens is 2. The summed E-state index contributed by atoms with van der Waals surface area (Å²) in [6.07, 6.45) is 0. The van der Waals surface area contributed by atoms with Gasteiger partial charge in [0.1, 0.15) is 11.5 Å². The van der Waals surface area contributed by atoms with Gasteiger partial charge in [0, 0.05) is 11.3 Å². The highest BCUT2D eigenvalue weighted by Crippen LogP contribution is 2.45. The van der Waals surface area contributed by atoms with Crippen molar-refractivity contribution in [3.63, 3.8) is 0 Å². The van der Waals surface area contributed by atoms with Crippen LogP contribution in [-0.4, -0.2) is 33.6 Å². The van der Waals surface area contributed by atoms with Gasteiger partial charge in [-0.2, -0.15) is 0 Å². The van der Waals surface area contributed by atoms with Crippen LogP contribution in [0.1, 0.15) is 29.7 Å². The molecule has 198 valence electrons. The van der Waals surface area contributed by atoms with E-state index < -0.39 is 17.7 Å². The van der Waals surface area contributed by atoms with E-state index in [1.54, 1.807) is 42.5 Å². The normalized spacial score (nSPS) is 16.6. The zero-order valence-corrected chi connectivity index (χ0v) is 23.7. The van der Waals surface area contributed by atoms with Crippen molar-refractivity contribution >= 4 is 68.9 Å². The smallest absolute Gasteiger partial charge is 0.301 e.